The Morgan fingerprint density at radius 1 is 1.25 bits per heavy atom. The Bertz CT molecular complexity index is 672. The second-order valence-electron chi connectivity index (χ2n) is 4.45. The molecule has 4 heteroatoms. The van der Waals surface area contributed by atoms with Gasteiger partial charge in [0.05, 0.1) is 12.5 Å². The van der Waals surface area contributed by atoms with Gasteiger partial charge in [-0.05, 0) is 42.3 Å². The molecule has 0 saturated heterocycles. The first kappa shape index (κ1) is 14.1. The van der Waals surface area contributed by atoms with Crippen LogP contribution in [-0.4, -0.2) is 5.91 Å². The van der Waals surface area contributed by atoms with Gasteiger partial charge in [0, 0.05) is 16.3 Å². The van der Waals surface area contributed by atoms with E-state index in [1.165, 1.54) is 0 Å². The maximum atomic E-state index is 12.1. The molecule has 1 amide bonds. The van der Waals surface area contributed by atoms with Crippen LogP contribution in [0.1, 0.15) is 21.5 Å². The van der Waals surface area contributed by atoms with E-state index in [1.54, 1.807) is 36.4 Å². The van der Waals surface area contributed by atoms with E-state index in [2.05, 4.69) is 11.4 Å². The minimum Gasteiger partial charge on any atom is -0.322 e. The van der Waals surface area contributed by atoms with Crippen LogP contribution in [0.3, 0.4) is 0 Å². The Kier molecular flexibility index (Phi) is 4.39. The number of nitrogens with zero attached hydrogens (tertiary/aromatic N) is 1. The van der Waals surface area contributed by atoms with Gasteiger partial charge in [-0.3, -0.25) is 4.79 Å². The molecule has 1 N–H and O–H groups in total. The van der Waals surface area contributed by atoms with Crippen LogP contribution in [-0.2, 0) is 6.42 Å². The van der Waals surface area contributed by atoms with Gasteiger partial charge in [-0.25, -0.2) is 0 Å². The van der Waals surface area contributed by atoms with Crippen LogP contribution in [0.4, 0.5) is 5.69 Å². The fourth-order valence-corrected chi connectivity index (χ4v) is 1.96. The van der Waals surface area contributed by atoms with Gasteiger partial charge in [-0.1, -0.05) is 29.8 Å². The molecule has 2 aromatic carbocycles. The molecular formula is C16H13ClN2O. The van der Waals surface area contributed by atoms with E-state index in [9.17, 15) is 4.79 Å². The number of halogens is 1. The Morgan fingerprint density at radius 3 is 2.60 bits per heavy atom. The number of hydrogen-bond donors (Lipinski definition) is 1. The zero-order valence-corrected chi connectivity index (χ0v) is 11.7. The second kappa shape index (κ2) is 6.23. The number of hydrogen-bond acceptors (Lipinski definition) is 2. The van der Waals surface area contributed by atoms with Crippen molar-refractivity contribution in [3.63, 3.8) is 0 Å². The first-order chi connectivity index (χ1) is 9.60. The van der Waals surface area contributed by atoms with Crippen molar-refractivity contribution >= 4 is 23.2 Å². The van der Waals surface area contributed by atoms with E-state index in [4.69, 9.17) is 16.9 Å². The van der Waals surface area contributed by atoms with E-state index in [0.717, 1.165) is 11.1 Å². The maximum absolute atomic E-state index is 12.1. The number of nitriles is 1. The number of rotatable bonds is 3. The molecule has 0 heterocycles. The maximum Gasteiger partial charge on any atom is 0.255 e. The number of carbonyl (C=O) groups is 1. The van der Waals surface area contributed by atoms with Crippen LogP contribution >= 0.6 is 11.6 Å². The molecule has 0 aliphatic rings. The summed E-state index contributed by atoms with van der Waals surface area (Å²) in [6, 6.07) is 14.4. The third-order valence-corrected chi connectivity index (χ3v) is 3.18. The molecule has 2 rings (SSSR count). The van der Waals surface area contributed by atoms with Gasteiger partial charge >= 0.3 is 0 Å². The predicted molar refractivity (Wildman–Crippen MR) is 79.9 cm³/mol. The first-order valence-electron chi connectivity index (χ1n) is 6.13. The Morgan fingerprint density at radius 2 is 1.95 bits per heavy atom. The molecule has 0 aliphatic carbocycles. The number of amides is 1. The largest absolute Gasteiger partial charge is 0.322 e. The van der Waals surface area contributed by atoms with Gasteiger partial charge in [0.25, 0.3) is 5.91 Å². The van der Waals surface area contributed by atoms with E-state index < -0.39 is 0 Å². The second-order valence-corrected chi connectivity index (χ2v) is 4.88. The Hall–Kier alpha value is -2.31. The Labute approximate surface area is 122 Å². The molecule has 100 valence electrons. The highest BCUT2D eigenvalue weighted by Crippen LogP contribution is 2.21. The summed E-state index contributed by atoms with van der Waals surface area (Å²) in [6.07, 6.45) is 0.343. The molecule has 0 radical (unpaired) electrons. The smallest absolute Gasteiger partial charge is 0.255 e. The van der Waals surface area contributed by atoms with Gasteiger partial charge in [0.15, 0.2) is 0 Å². The van der Waals surface area contributed by atoms with Crippen molar-refractivity contribution in [2.75, 3.05) is 5.32 Å². The van der Waals surface area contributed by atoms with Crippen molar-refractivity contribution < 1.29 is 4.79 Å². The molecule has 3 nitrogen and oxygen atoms in total. The lowest BCUT2D eigenvalue weighted by Gasteiger charge is -2.09. The highest BCUT2D eigenvalue weighted by Gasteiger charge is 2.08. The van der Waals surface area contributed by atoms with Crippen LogP contribution < -0.4 is 5.32 Å². The molecule has 0 fully saturated rings. The average Bonchev–Trinajstić information content (AvgIpc) is 2.44. The lowest BCUT2D eigenvalue weighted by Crippen LogP contribution is -2.12. The number of nitrogens with one attached hydrogen (secondary N) is 1. The lowest BCUT2D eigenvalue weighted by atomic mass is 10.1. The summed E-state index contributed by atoms with van der Waals surface area (Å²) in [5.41, 5.74) is 3.08. The SMILES string of the molecule is Cc1ccc(Cl)cc1NC(=O)c1ccc(CC#N)cc1. The summed E-state index contributed by atoms with van der Waals surface area (Å²) in [5.74, 6) is -0.195. The topological polar surface area (TPSA) is 52.9 Å². The van der Waals surface area contributed by atoms with E-state index in [-0.39, 0.29) is 5.91 Å². The zero-order chi connectivity index (χ0) is 14.5. The van der Waals surface area contributed by atoms with Gasteiger partial charge in [0.1, 0.15) is 0 Å². The summed E-state index contributed by atoms with van der Waals surface area (Å²) in [6.45, 7) is 1.90. The van der Waals surface area contributed by atoms with E-state index in [1.807, 2.05) is 13.0 Å². The van der Waals surface area contributed by atoms with E-state index in [0.29, 0.717) is 22.7 Å². The summed E-state index contributed by atoms with van der Waals surface area (Å²) in [5, 5.41) is 12.0. The van der Waals surface area contributed by atoms with Crippen molar-refractivity contribution in [3.8, 4) is 6.07 Å². The van der Waals surface area contributed by atoms with Gasteiger partial charge in [-0.2, -0.15) is 5.26 Å². The van der Waals surface area contributed by atoms with Crippen LogP contribution in [0.25, 0.3) is 0 Å². The third kappa shape index (κ3) is 3.37. The van der Waals surface area contributed by atoms with Crippen molar-refractivity contribution in [2.24, 2.45) is 0 Å². The van der Waals surface area contributed by atoms with Crippen LogP contribution in [0, 0.1) is 18.3 Å². The monoisotopic (exact) mass is 284 g/mol. The average molecular weight is 285 g/mol. The summed E-state index contributed by atoms with van der Waals surface area (Å²) < 4.78 is 0. The van der Waals surface area contributed by atoms with Crippen LogP contribution in [0.2, 0.25) is 5.02 Å². The van der Waals surface area contributed by atoms with Crippen molar-refractivity contribution in [1.82, 2.24) is 0 Å². The van der Waals surface area contributed by atoms with Gasteiger partial charge in [0.2, 0.25) is 0 Å². The fraction of sp³-hybridized carbons (Fsp3) is 0.125. The predicted octanol–water partition coefficient (Wildman–Crippen LogP) is 3.97. The number of carbonyl (C=O) groups excluding carboxylic acids is 1. The molecule has 0 unspecified atom stereocenters. The quantitative estimate of drug-likeness (QED) is 0.927. The van der Waals surface area contributed by atoms with Crippen molar-refractivity contribution in [3.05, 3.63) is 64.2 Å². The lowest BCUT2D eigenvalue weighted by molar-refractivity contribution is 0.102. The van der Waals surface area contributed by atoms with Crippen LogP contribution in [0.15, 0.2) is 42.5 Å². The van der Waals surface area contributed by atoms with Crippen molar-refractivity contribution in [1.29, 1.82) is 5.26 Å². The van der Waals surface area contributed by atoms with Gasteiger partial charge in [-0.15, -0.1) is 0 Å². The third-order valence-electron chi connectivity index (χ3n) is 2.95. The number of benzene rings is 2. The minimum absolute atomic E-state index is 0.195. The standard InChI is InChI=1S/C16H13ClN2O/c1-11-2-7-14(17)10-15(11)19-16(20)13-5-3-12(4-6-13)8-9-18/h2-7,10H,8H2,1H3,(H,19,20). The summed E-state index contributed by atoms with van der Waals surface area (Å²) in [4.78, 5) is 12.1. The highest BCUT2D eigenvalue weighted by molar-refractivity contribution is 6.31. The van der Waals surface area contributed by atoms with Gasteiger partial charge < -0.3 is 5.32 Å². The minimum atomic E-state index is -0.195. The molecule has 0 spiro atoms. The van der Waals surface area contributed by atoms with Crippen molar-refractivity contribution in [2.45, 2.75) is 13.3 Å². The number of anilines is 1. The molecule has 0 saturated carbocycles. The molecule has 0 atom stereocenters. The Balaban J connectivity index is 2.15. The molecule has 20 heavy (non-hydrogen) atoms. The zero-order valence-electron chi connectivity index (χ0n) is 11.0. The fourth-order valence-electron chi connectivity index (χ4n) is 1.79. The molecule has 0 bridgehead atoms. The van der Waals surface area contributed by atoms with Crippen LogP contribution in [0.5, 0.6) is 0 Å². The highest BCUT2D eigenvalue weighted by atomic mass is 35.5. The molecule has 0 aromatic heterocycles. The molecular weight excluding hydrogens is 272 g/mol. The first-order valence-corrected chi connectivity index (χ1v) is 6.51. The summed E-state index contributed by atoms with van der Waals surface area (Å²) >= 11 is 5.92. The number of aryl methyl sites for hydroxylation is 1. The summed E-state index contributed by atoms with van der Waals surface area (Å²) in [7, 11) is 0. The normalized spacial score (nSPS) is 9.85. The van der Waals surface area contributed by atoms with E-state index >= 15 is 0 Å². The molecule has 2 aromatic rings. The molecule has 0 aliphatic heterocycles.